The monoisotopic (exact) mass is 172 g/mol. The van der Waals surface area contributed by atoms with Crippen molar-refractivity contribution < 1.29 is 5.11 Å². The number of benzene rings is 1. The fraction of sp³-hybridized carbons (Fsp3) is 0. The molecule has 0 aliphatic carbocycles. The molecule has 3 aromatic rings. The van der Waals surface area contributed by atoms with Crippen molar-refractivity contribution in [3.05, 3.63) is 30.6 Å². The molecule has 1 aromatic carbocycles. The number of fused-ring (bicyclic) bond motifs is 2. The SMILES string of the molecule is Oc1c2cc[nH]c2cc2cc[nH]c12. The number of hydrogen-bond acceptors (Lipinski definition) is 1. The molecule has 3 heteroatoms. The van der Waals surface area contributed by atoms with E-state index < -0.39 is 0 Å². The quantitative estimate of drug-likeness (QED) is 0.479. The van der Waals surface area contributed by atoms with Crippen molar-refractivity contribution in [2.24, 2.45) is 0 Å². The van der Waals surface area contributed by atoms with E-state index in [1.54, 1.807) is 0 Å². The van der Waals surface area contributed by atoms with Gasteiger partial charge in [-0.3, -0.25) is 0 Å². The third-order valence-corrected chi connectivity index (χ3v) is 2.35. The Kier molecular flexibility index (Phi) is 1.05. The minimum Gasteiger partial charge on any atom is -0.505 e. The maximum Gasteiger partial charge on any atom is 0.148 e. The van der Waals surface area contributed by atoms with Crippen molar-refractivity contribution in [1.82, 2.24) is 9.97 Å². The molecule has 2 aromatic heterocycles. The van der Waals surface area contributed by atoms with Gasteiger partial charge in [-0.05, 0) is 18.2 Å². The molecule has 3 nitrogen and oxygen atoms in total. The highest BCUT2D eigenvalue weighted by molar-refractivity contribution is 6.02. The zero-order valence-electron chi connectivity index (χ0n) is 6.83. The molecule has 0 saturated carbocycles. The van der Waals surface area contributed by atoms with E-state index in [9.17, 15) is 5.11 Å². The number of phenolic OH excluding ortho intramolecular Hbond substituents is 1. The molecule has 2 heterocycles. The number of phenols is 1. The molecule has 64 valence electrons. The van der Waals surface area contributed by atoms with E-state index in [4.69, 9.17) is 0 Å². The van der Waals surface area contributed by atoms with Gasteiger partial charge in [0, 0.05) is 28.7 Å². The van der Waals surface area contributed by atoms with Gasteiger partial charge in [-0.1, -0.05) is 0 Å². The molecule has 3 N–H and O–H groups in total. The van der Waals surface area contributed by atoms with Gasteiger partial charge in [0.05, 0.1) is 5.52 Å². The summed E-state index contributed by atoms with van der Waals surface area (Å²) in [5, 5.41) is 11.7. The Morgan fingerprint density at radius 3 is 2.85 bits per heavy atom. The van der Waals surface area contributed by atoms with Crippen LogP contribution in [0.4, 0.5) is 0 Å². The Morgan fingerprint density at radius 2 is 1.92 bits per heavy atom. The lowest BCUT2D eigenvalue weighted by Crippen LogP contribution is -1.73. The van der Waals surface area contributed by atoms with Crippen LogP contribution in [0.5, 0.6) is 5.75 Å². The standard InChI is InChI=1S/C10H8N2O/c13-10-7-2-4-11-8(7)5-6-1-3-12-9(6)10/h1-5,11-13H. The zero-order valence-corrected chi connectivity index (χ0v) is 6.83. The summed E-state index contributed by atoms with van der Waals surface area (Å²) in [5.74, 6) is 0.318. The Hall–Kier alpha value is -1.90. The topological polar surface area (TPSA) is 51.8 Å². The molecule has 0 bridgehead atoms. The van der Waals surface area contributed by atoms with Crippen molar-refractivity contribution in [3.8, 4) is 5.75 Å². The number of hydrogen-bond donors (Lipinski definition) is 3. The second-order valence-electron chi connectivity index (χ2n) is 3.11. The van der Waals surface area contributed by atoms with E-state index in [-0.39, 0.29) is 0 Å². The predicted molar refractivity (Wildman–Crippen MR) is 51.8 cm³/mol. The largest absolute Gasteiger partial charge is 0.505 e. The lowest BCUT2D eigenvalue weighted by Gasteiger charge is -1.97. The molecular formula is C10H8N2O. The van der Waals surface area contributed by atoms with Crippen LogP contribution in [0.15, 0.2) is 30.6 Å². The average Bonchev–Trinajstić information content (AvgIpc) is 2.71. The summed E-state index contributed by atoms with van der Waals surface area (Å²) in [6.45, 7) is 0. The van der Waals surface area contributed by atoms with Crippen LogP contribution in [0.2, 0.25) is 0 Å². The fourth-order valence-electron chi connectivity index (χ4n) is 1.71. The molecule has 0 aliphatic rings. The maximum absolute atomic E-state index is 9.84. The molecule has 0 spiro atoms. The lowest BCUT2D eigenvalue weighted by atomic mass is 10.2. The van der Waals surface area contributed by atoms with E-state index in [1.807, 2.05) is 30.6 Å². The number of aromatic hydroxyl groups is 1. The van der Waals surface area contributed by atoms with E-state index in [0.29, 0.717) is 5.75 Å². The first-order valence-corrected chi connectivity index (χ1v) is 4.12. The van der Waals surface area contributed by atoms with Crippen LogP contribution in [0.1, 0.15) is 0 Å². The predicted octanol–water partition coefficient (Wildman–Crippen LogP) is 2.35. The normalized spacial score (nSPS) is 11.4. The molecule has 0 unspecified atom stereocenters. The number of H-pyrrole nitrogens is 2. The number of aromatic amines is 2. The Balaban J connectivity index is 2.67. The van der Waals surface area contributed by atoms with Gasteiger partial charge in [-0.25, -0.2) is 0 Å². The van der Waals surface area contributed by atoms with Crippen LogP contribution >= 0.6 is 0 Å². The first kappa shape index (κ1) is 6.60. The molecule has 0 atom stereocenters. The Bertz CT molecular complexity index is 528. The summed E-state index contributed by atoms with van der Waals surface area (Å²) < 4.78 is 0. The molecule has 0 radical (unpaired) electrons. The Labute approximate surface area is 74.0 Å². The van der Waals surface area contributed by atoms with Gasteiger partial charge in [0.25, 0.3) is 0 Å². The van der Waals surface area contributed by atoms with Crippen molar-refractivity contribution in [2.75, 3.05) is 0 Å². The van der Waals surface area contributed by atoms with Gasteiger partial charge >= 0.3 is 0 Å². The van der Waals surface area contributed by atoms with Gasteiger partial charge < -0.3 is 15.1 Å². The Morgan fingerprint density at radius 1 is 1.08 bits per heavy atom. The van der Waals surface area contributed by atoms with Crippen molar-refractivity contribution >= 4 is 21.8 Å². The van der Waals surface area contributed by atoms with Crippen molar-refractivity contribution in [3.63, 3.8) is 0 Å². The second kappa shape index (κ2) is 2.07. The summed E-state index contributed by atoms with van der Waals surface area (Å²) in [4.78, 5) is 6.07. The van der Waals surface area contributed by atoms with Gasteiger partial charge in [-0.15, -0.1) is 0 Å². The van der Waals surface area contributed by atoms with E-state index in [2.05, 4.69) is 9.97 Å². The summed E-state index contributed by atoms with van der Waals surface area (Å²) in [7, 11) is 0. The molecule has 0 aliphatic heterocycles. The number of nitrogens with one attached hydrogen (secondary N) is 2. The van der Waals surface area contributed by atoms with E-state index in [0.717, 1.165) is 21.8 Å². The minimum absolute atomic E-state index is 0.318. The van der Waals surface area contributed by atoms with Crippen LogP contribution in [-0.2, 0) is 0 Å². The first-order valence-electron chi connectivity index (χ1n) is 4.12. The van der Waals surface area contributed by atoms with Crippen molar-refractivity contribution in [2.45, 2.75) is 0 Å². The number of aromatic nitrogens is 2. The third-order valence-electron chi connectivity index (χ3n) is 2.35. The van der Waals surface area contributed by atoms with Gasteiger partial charge in [-0.2, -0.15) is 0 Å². The van der Waals surface area contributed by atoms with Gasteiger partial charge in [0.15, 0.2) is 0 Å². The van der Waals surface area contributed by atoms with Crippen LogP contribution in [0, 0.1) is 0 Å². The average molecular weight is 172 g/mol. The van der Waals surface area contributed by atoms with Crippen LogP contribution in [-0.4, -0.2) is 15.1 Å². The first-order chi connectivity index (χ1) is 6.36. The van der Waals surface area contributed by atoms with Gasteiger partial charge in [0.1, 0.15) is 5.75 Å². The highest BCUT2D eigenvalue weighted by Crippen LogP contribution is 2.31. The minimum atomic E-state index is 0.318. The maximum atomic E-state index is 9.84. The smallest absolute Gasteiger partial charge is 0.148 e. The molecule has 3 rings (SSSR count). The van der Waals surface area contributed by atoms with Crippen molar-refractivity contribution in [1.29, 1.82) is 0 Å². The molecule has 13 heavy (non-hydrogen) atoms. The number of rotatable bonds is 0. The summed E-state index contributed by atoms with van der Waals surface area (Å²) in [6.07, 6.45) is 3.65. The highest BCUT2D eigenvalue weighted by Gasteiger charge is 2.06. The summed E-state index contributed by atoms with van der Waals surface area (Å²) in [6, 6.07) is 5.82. The molecule has 0 amide bonds. The van der Waals surface area contributed by atoms with E-state index >= 15 is 0 Å². The molecule has 0 saturated heterocycles. The highest BCUT2D eigenvalue weighted by atomic mass is 16.3. The fourth-order valence-corrected chi connectivity index (χ4v) is 1.71. The zero-order chi connectivity index (χ0) is 8.84. The lowest BCUT2D eigenvalue weighted by molar-refractivity contribution is 0.487. The van der Waals surface area contributed by atoms with Gasteiger partial charge in [0.2, 0.25) is 0 Å². The van der Waals surface area contributed by atoms with E-state index in [1.165, 1.54) is 0 Å². The van der Waals surface area contributed by atoms with Crippen LogP contribution in [0.3, 0.4) is 0 Å². The summed E-state index contributed by atoms with van der Waals surface area (Å²) >= 11 is 0. The summed E-state index contributed by atoms with van der Waals surface area (Å²) in [5.41, 5.74) is 1.76. The van der Waals surface area contributed by atoms with Crippen LogP contribution in [0.25, 0.3) is 21.8 Å². The second-order valence-corrected chi connectivity index (χ2v) is 3.11. The third kappa shape index (κ3) is 0.731. The molecular weight excluding hydrogens is 164 g/mol. The van der Waals surface area contributed by atoms with Crippen LogP contribution < -0.4 is 0 Å². The molecule has 0 fully saturated rings.